The van der Waals surface area contributed by atoms with Gasteiger partial charge in [-0.15, -0.1) is 10.2 Å². The molecule has 2 aliphatic rings. The minimum absolute atomic E-state index is 0.0674. The van der Waals surface area contributed by atoms with Crippen LogP contribution in [0.2, 0.25) is 0 Å². The summed E-state index contributed by atoms with van der Waals surface area (Å²) in [6, 6.07) is 1.67. The Morgan fingerprint density at radius 1 is 1.21 bits per heavy atom. The average molecular weight is 404 g/mol. The summed E-state index contributed by atoms with van der Waals surface area (Å²) < 4.78 is 1.75. The second-order valence-corrected chi connectivity index (χ2v) is 8.56. The lowest BCUT2D eigenvalue weighted by molar-refractivity contribution is -0.134. The van der Waals surface area contributed by atoms with Crippen molar-refractivity contribution < 1.29 is 9.59 Å². The van der Waals surface area contributed by atoms with E-state index in [1.807, 2.05) is 17.2 Å². The van der Waals surface area contributed by atoms with E-state index in [0.717, 1.165) is 5.13 Å². The number of nitrogens with zero attached hydrogens (tertiary/aromatic N) is 7. The molecule has 4 heterocycles. The van der Waals surface area contributed by atoms with Crippen molar-refractivity contribution in [3.8, 4) is 0 Å². The van der Waals surface area contributed by atoms with Gasteiger partial charge in [-0.2, -0.15) is 5.10 Å². The highest BCUT2D eigenvalue weighted by Crippen LogP contribution is 2.39. The quantitative estimate of drug-likeness (QED) is 0.682. The van der Waals surface area contributed by atoms with Crippen LogP contribution in [0.4, 0.5) is 9.93 Å². The fraction of sp³-hybridized carbons (Fsp3) is 0.611. The molecule has 2 aromatic heterocycles. The van der Waals surface area contributed by atoms with Crippen LogP contribution in [0.15, 0.2) is 24.0 Å². The molecular weight excluding hydrogens is 378 g/mol. The van der Waals surface area contributed by atoms with Crippen LogP contribution in [0.1, 0.15) is 26.7 Å². The summed E-state index contributed by atoms with van der Waals surface area (Å²) in [5.74, 6) is 0.225. The first-order valence-corrected chi connectivity index (χ1v) is 10.5. The van der Waals surface area contributed by atoms with Gasteiger partial charge in [-0.05, 0) is 24.8 Å². The van der Waals surface area contributed by atoms with Crippen molar-refractivity contribution in [1.29, 1.82) is 0 Å². The van der Waals surface area contributed by atoms with Crippen LogP contribution in [-0.4, -0.2) is 73.4 Å². The molecule has 0 aliphatic carbocycles. The van der Waals surface area contributed by atoms with Gasteiger partial charge in [-0.25, -0.2) is 4.79 Å². The molecule has 1 spiro atoms. The van der Waals surface area contributed by atoms with Crippen LogP contribution < -0.4 is 4.90 Å². The highest BCUT2D eigenvalue weighted by Gasteiger charge is 2.57. The molecule has 2 aromatic rings. The molecule has 0 aromatic carbocycles. The maximum absolute atomic E-state index is 13.4. The first kappa shape index (κ1) is 18.9. The number of carbonyl (C=O) groups is 2. The Morgan fingerprint density at radius 3 is 2.61 bits per heavy atom. The predicted octanol–water partition coefficient (Wildman–Crippen LogP) is 1.69. The Hall–Kier alpha value is -2.49. The molecule has 4 rings (SSSR count). The van der Waals surface area contributed by atoms with Crippen molar-refractivity contribution >= 4 is 28.4 Å². The van der Waals surface area contributed by atoms with Crippen LogP contribution in [0.5, 0.6) is 0 Å². The van der Waals surface area contributed by atoms with Crippen molar-refractivity contribution in [3.63, 3.8) is 0 Å². The standard InChI is InChI=1S/C18H25N7O2S/c1-14(2)12-25-17(27)24(11-10-23-7-3-6-20-23)15(26)18(25)4-8-22(9-5-18)16-21-19-13-28-16/h3,6-7,13-14H,4-5,8-12H2,1-2H3. The van der Waals surface area contributed by atoms with Gasteiger partial charge in [0.25, 0.3) is 5.91 Å². The van der Waals surface area contributed by atoms with Crippen molar-refractivity contribution in [2.75, 3.05) is 31.1 Å². The number of aromatic nitrogens is 4. The molecule has 28 heavy (non-hydrogen) atoms. The number of urea groups is 1. The van der Waals surface area contributed by atoms with Gasteiger partial charge in [0, 0.05) is 32.0 Å². The summed E-state index contributed by atoms with van der Waals surface area (Å²) in [6.45, 7) is 6.97. The van der Waals surface area contributed by atoms with Crippen molar-refractivity contribution in [3.05, 3.63) is 24.0 Å². The summed E-state index contributed by atoms with van der Waals surface area (Å²) in [4.78, 5) is 32.0. The van der Waals surface area contributed by atoms with E-state index in [-0.39, 0.29) is 11.9 Å². The summed E-state index contributed by atoms with van der Waals surface area (Å²) in [5, 5.41) is 13.1. The summed E-state index contributed by atoms with van der Waals surface area (Å²) in [5.41, 5.74) is 0.971. The maximum Gasteiger partial charge on any atom is 0.327 e. The number of imide groups is 1. The SMILES string of the molecule is CC(C)CN1C(=O)N(CCn2cccn2)C(=O)C12CCN(c1nncs1)CC2. The van der Waals surface area contributed by atoms with E-state index in [1.54, 1.807) is 16.4 Å². The summed E-state index contributed by atoms with van der Waals surface area (Å²) >= 11 is 1.50. The van der Waals surface area contributed by atoms with E-state index in [4.69, 9.17) is 0 Å². The second-order valence-electron chi connectivity index (χ2n) is 7.75. The lowest BCUT2D eigenvalue weighted by Crippen LogP contribution is -2.57. The molecule has 2 saturated heterocycles. The number of carbonyl (C=O) groups excluding carboxylic acids is 2. The van der Waals surface area contributed by atoms with Crippen molar-refractivity contribution in [2.24, 2.45) is 5.92 Å². The molecule has 0 unspecified atom stereocenters. The fourth-order valence-corrected chi connectivity index (χ4v) is 4.70. The number of anilines is 1. The molecular formula is C18H25N7O2S. The molecule has 0 bridgehead atoms. The molecule has 2 fully saturated rings. The van der Waals surface area contributed by atoms with E-state index in [9.17, 15) is 9.59 Å². The van der Waals surface area contributed by atoms with Crippen molar-refractivity contribution in [1.82, 2.24) is 29.8 Å². The molecule has 9 nitrogen and oxygen atoms in total. The van der Waals surface area contributed by atoms with Crippen LogP contribution in [0.3, 0.4) is 0 Å². The second kappa shape index (κ2) is 7.50. The van der Waals surface area contributed by atoms with Crippen LogP contribution in [-0.2, 0) is 11.3 Å². The Balaban J connectivity index is 1.53. The lowest BCUT2D eigenvalue weighted by atomic mass is 9.85. The Labute approximate surface area is 167 Å². The predicted molar refractivity (Wildman–Crippen MR) is 105 cm³/mol. The zero-order valence-electron chi connectivity index (χ0n) is 16.2. The third-order valence-electron chi connectivity index (χ3n) is 5.49. The minimum Gasteiger partial charge on any atom is -0.346 e. The molecule has 0 radical (unpaired) electrons. The molecule has 10 heteroatoms. The normalized spacial score (nSPS) is 19.5. The van der Waals surface area contributed by atoms with Gasteiger partial charge in [0.15, 0.2) is 0 Å². The zero-order valence-corrected chi connectivity index (χ0v) is 17.0. The highest BCUT2D eigenvalue weighted by molar-refractivity contribution is 7.13. The average Bonchev–Trinajstić information content (AvgIpc) is 3.42. The largest absolute Gasteiger partial charge is 0.346 e. The number of rotatable bonds is 6. The van der Waals surface area contributed by atoms with Gasteiger partial charge in [0.1, 0.15) is 11.0 Å². The van der Waals surface area contributed by atoms with E-state index in [2.05, 4.69) is 34.0 Å². The van der Waals surface area contributed by atoms with Gasteiger partial charge in [-0.3, -0.25) is 14.4 Å². The molecule has 2 aliphatic heterocycles. The fourth-order valence-electron chi connectivity index (χ4n) is 4.09. The van der Waals surface area contributed by atoms with Gasteiger partial charge in [-0.1, -0.05) is 25.2 Å². The molecule has 3 amide bonds. The Kier molecular flexibility index (Phi) is 5.05. The van der Waals surface area contributed by atoms with Gasteiger partial charge in [0.05, 0.1) is 13.1 Å². The van der Waals surface area contributed by atoms with Crippen LogP contribution in [0, 0.1) is 5.92 Å². The number of hydrogen-bond acceptors (Lipinski definition) is 7. The lowest BCUT2D eigenvalue weighted by Gasteiger charge is -2.42. The van der Waals surface area contributed by atoms with E-state index < -0.39 is 5.54 Å². The highest BCUT2D eigenvalue weighted by atomic mass is 32.1. The van der Waals surface area contributed by atoms with Gasteiger partial charge in [0.2, 0.25) is 5.13 Å². The maximum atomic E-state index is 13.4. The first-order valence-electron chi connectivity index (χ1n) is 9.63. The van der Waals surface area contributed by atoms with Crippen LogP contribution in [0.25, 0.3) is 0 Å². The zero-order chi connectivity index (χ0) is 19.7. The molecule has 0 atom stereocenters. The summed E-state index contributed by atoms with van der Waals surface area (Å²) in [6.07, 6.45) is 4.76. The van der Waals surface area contributed by atoms with Crippen molar-refractivity contribution in [2.45, 2.75) is 38.8 Å². The third-order valence-corrected chi connectivity index (χ3v) is 6.24. The first-order chi connectivity index (χ1) is 13.5. The monoisotopic (exact) mass is 403 g/mol. The van der Waals surface area contributed by atoms with Gasteiger partial charge < -0.3 is 9.80 Å². The third kappa shape index (κ3) is 3.25. The molecule has 150 valence electrons. The number of amides is 3. The summed E-state index contributed by atoms with van der Waals surface area (Å²) in [7, 11) is 0. The Bertz CT molecular complexity index is 813. The van der Waals surface area contributed by atoms with E-state index in [1.165, 1.54) is 16.2 Å². The van der Waals surface area contributed by atoms with E-state index in [0.29, 0.717) is 51.5 Å². The minimum atomic E-state index is -0.743. The topological polar surface area (TPSA) is 87.5 Å². The smallest absolute Gasteiger partial charge is 0.327 e. The number of piperidine rings is 1. The Morgan fingerprint density at radius 2 is 2.00 bits per heavy atom. The molecule has 0 N–H and O–H groups in total. The number of hydrogen-bond donors (Lipinski definition) is 0. The van der Waals surface area contributed by atoms with Gasteiger partial charge >= 0.3 is 6.03 Å². The van der Waals surface area contributed by atoms with E-state index >= 15 is 0 Å². The molecule has 0 saturated carbocycles. The van der Waals surface area contributed by atoms with Crippen LogP contribution >= 0.6 is 11.3 Å².